The van der Waals surface area contributed by atoms with Crippen molar-refractivity contribution in [3.63, 3.8) is 0 Å². The average Bonchev–Trinajstić information content (AvgIpc) is 2.29. The van der Waals surface area contributed by atoms with Gasteiger partial charge in [-0.25, -0.2) is 9.59 Å². The lowest BCUT2D eigenvalue weighted by Crippen LogP contribution is -2.60. The molecule has 18 heavy (non-hydrogen) atoms. The van der Waals surface area contributed by atoms with Gasteiger partial charge in [0.1, 0.15) is 5.54 Å². The van der Waals surface area contributed by atoms with E-state index in [9.17, 15) is 14.7 Å². The molecule has 0 bridgehead atoms. The zero-order chi connectivity index (χ0) is 13.8. The van der Waals surface area contributed by atoms with Crippen LogP contribution >= 0.6 is 0 Å². The third-order valence-corrected chi connectivity index (χ3v) is 3.47. The molecule has 0 radical (unpaired) electrons. The SMILES string of the molecule is CC(C)C(C)NC(=O)NC1(C(=O)O)CCOCC1. The summed E-state index contributed by atoms with van der Waals surface area (Å²) in [6.07, 6.45) is 0.595. The molecule has 3 N–H and O–H groups in total. The maximum absolute atomic E-state index is 11.8. The molecule has 0 aromatic heterocycles. The van der Waals surface area contributed by atoms with Crippen molar-refractivity contribution in [1.82, 2.24) is 10.6 Å². The summed E-state index contributed by atoms with van der Waals surface area (Å²) < 4.78 is 5.14. The number of carbonyl (C=O) groups excluding carboxylic acids is 1. The molecular weight excluding hydrogens is 236 g/mol. The highest BCUT2D eigenvalue weighted by molar-refractivity contribution is 5.86. The molecule has 6 heteroatoms. The molecule has 1 saturated heterocycles. The molecule has 1 aliphatic rings. The number of carboxylic acids is 1. The minimum absolute atomic E-state index is 0.00399. The van der Waals surface area contributed by atoms with Crippen molar-refractivity contribution in [3.8, 4) is 0 Å². The van der Waals surface area contributed by atoms with Gasteiger partial charge in [0.15, 0.2) is 0 Å². The summed E-state index contributed by atoms with van der Waals surface area (Å²) in [6, 6.07) is -0.434. The molecular formula is C12H22N2O4. The van der Waals surface area contributed by atoms with Crippen molar-refractivity contribution < 1.29 is 19.4 Å². The third-order valence-electron chi connectivity index (χ3n) is 3.47. The molecule has 104 valence electrons. The van der Waals surface area contributed by atoms with E-state index < -0.39 is 17.5 Å². The fourth-order valence-corrected chi connectivity index (χ4v) is 1.74. The largest absolute Gasteiger partial charge is 0.480 e. The van der Waals surface area contributed by atoms with Crippen LogP contribution < -0.4 is 10.6 Å². The second-order valence-corrected chi connectivity index (χ2v) is 5.13. The van der Waals surface area contributed by atoms with E-state index in [0.29, 0.717) is 32.0 Å². The Morgan fingerprint density at radius 3 is 2.22 bits per heavy atom. The fourth-order valence-electron chi connectivity index (χ4n) is 1.74. The zero-order valence-corrected chi connectivity index (χ0v) is 11.2. The second-order valence-electron chi connectivity index (χ2n) is 5.13. The highest BCUT2D eigenvalue weighted by atomic mass is 16.5. The van der Waals surface area contributed by atoms with Crippen LogP contribution in [0.2, 0.25) is 0 Å². The molecule has 6 nitrogen and oxygen atoms in total. The Morgan fingerprint density at radius 1 is 1.22 bits per heavy atom. The molecule has 1 aliphatic heterocycles. The Labute approximate surface area is 107 Å². The van der Waals surface area contributed by atoms with Crippen molar-refractivity contribution in [2.24, 2.45) is 5.92 Å². The fraction of sp³-hybridized carbons (Fsp3) is 0.833. The van der Waals surface area contributed by atoms with E-state index in [2.05, 4.69) is 10.6 Å². The Kier molecular flexibility index (Phi) is 4.95. The first kappa shape index (κ1) is 14.8. The number of ether oxygens (including phenoxy) is 1. The minimum Gasteiger partial charge on any atom is -0.480 e. The van der Waals surface area contributed by atoms with E-state index in [4.69, 9.17) is 4.74 Å². The number of nitrogens with one attached hydrogen (secondary N) is 2. The number of hydrogen-bond donors (Lipinski definition) is 3. The first-order chi connectivity index (χ1) is 8.37. The van der Waals surface area contributed by atoms with Crippen LogP contribution in [0.3, 0.4) is 0 Å². The first-order valence-corrected chi connectivity index (χ1v) is 6.27. The highest BCUT2D eigenvalue weighted by Gasteiger charge is 2.41. The summed E-state index contributed by atoms with van der Waals surface area (Å²) in [5.74, 6) is -0.704. The van der Waals surface area contributed by atoms with E-state index in [1.54, 1.807) is 0 Å². The Bertz CT molecular complexity index is 311. The minimum atomic E-state index is -1.20. The molecule has 1 rings (SSSR count). The summed E-state index contributed by atoms with van der Waals surface area (Å²) >= 11 is 0. The van der Waals surface area contributed by atoms with Crippen LogP contribution in [0.4, 0.5) is 4.79 Å². The molecule has 0 spiro atoms. The van der Waals surface area contributed by atoms with Gasteiger partial charge in [0, 0.05) is 32.1 Å². The van der Waals surface area contributed by atoms with E-state index in [-0.39, 0.29) is 6.04 Å². The van der Waals surface area contributed by atoms with Gasteiger partial charge < -0.3 is 20.5 Å². The average molecular weight is 258 g/mol. The molecule has 1 unspecified atom stereocenters. The van der Waals surface area contributed by atoms with Gasteiger partial charge in [0.2, 0.25) is 0 Å². The first-order valence-electron chi connectivity index (χ1n) is 6.27. The molecule has 0 aromatic carbocycles. The Morgan fingerprint density at radius 2 is 1.78 bits per heavy atom. The molecule has 0 saturated carbocycles. The van der Waals surface area contributed by atoms with E-state index in [0.717, 1.165) is 0 Å². The van der Waals surface area contributed by atoms with Gasteiger partial charge in [0.25, 0.3) is 0 Å². The lowest BCUT2D eigenvalue weighted by Gasteiger charge is -2.34. The number of amides is 2. The molecule has 1 heterocycles. The monoisotopic (exact) mass is 258 g/mol. The van der Waals surface area contributed by atoms with Gasteiger partial charge in [-0.3, -0.25) is 0 Å². The lowest BCUT2D eigenvalue weighted by atomic mass is 9.90. The zero-order valence-electron chi connectivity index (χ0n) is 11.2. The summed E-state index contributed by atoms with van der Waals surface area (Å²) in [5.41, 5.74) is -1.20. The van der Waals surface area contributed by atoms with Crippen LogP contribution in [0.15, 0.2) is 0 Å². The maximum atomic E-state index is 11.8. The van der Waals surface area contributed by atoms with Gasteiger partial charge in [0.05, 0.1) is 0 Å². The Hall–Kier alpha value is -1.30. The summed E-state index contributed by atoms with van der Waals surface area (Å²) in [4.78, 5) is 23.1. The predicted octanol–water partition coefficient (Wildman–Crippen LogP) is 0.964. The third kappa shape index (κ3) is 3.60. The molecule has 1 atom stereocenters. The normalized spacial score (nSPS) is 20.2. The van der Waals surface area contributed by atoms with Crippen LogP contribution in [-0.4, -0.2) is 41.9 Å². The van der Waals surface area contributed by atoms with Gasteiger partial charge >= 0.3 is 12.0 Å². The smallest absolute Gasteiger partial charge is 0.329 e. The van der Waals surface area contributed by atoms with Crippen molar-refractivity contribution in [2.75, 3.05) is 13.2 Å². The number of carbonyl (C=O) groups is 2. The molecule has 0 aromatic rings. The van der Waals surface area contributed by atoms with Crippen LogP contribution in [0.1, 0.15) is 33.6 Å². The van der Waals surface area contributed by atoms with Crippen LogP contribution in [0.5, 0.6) is 0 Å². The van der Waals surface area contributed by atoms with Crippen molar-refractivity contribution in [3.05, 3.63) is 0 Å². The molecule has 1 fully saturated rings. The van der Waals surface area contributed by atoms with E-state index in [1.807, 2.05) is 20.8 Å². The number of urea groups is 1. The van der Waals surface area contributed by atoms with Crippen molar-refractivity contribution in [1.29, 1.82) is 0 Å². The summed E-state index contributed by atoms with van der Waals surface area (Å²) in [5, 5.41) is 14.6. The van der Waals surface area contributed by atoms with Crippen molar-refractivity contribution >= 4 is 12.0 Å². The molecule has 2 amide bonds. The van der Waals surface area contributed by atoms with E-state index >= 15 is 0 Å². The van der Waals surface area contributed by atoms with Gasteiger partial charge in [-0.2, -0.15) is 0 Å². The van der Waals surface area contributed by atoms with Crippen molar-refractivity contribution in [2.45, 2.75) is 45.2 Å². The van der Waals surface area contributed by atoms with Crippen LogP contribution in [0, 0.1) is 5.92 Å². The van der Waals surface area contributed by atoms with Crippen LogP contribution in [-0.2, 0) is 9.53 Å². The number of hydrogen-bond acceptors (Lipinski definition) is 3. The lowest BCUT2D eigenvalue weighted by molar-refractivity contribution is -0.148. The molecule has 0 aliphatic carbocycles. The van der Waals surface area contributed by atoms with Gasteiger partial charge in [-0.15, -0.1) is 0 Å². The standard InChI is InChI=1S/C12H22N2O4/c1-8(2)9(3)13-11(17)14-12(10(15)16)4-6-18-7-5-12/h8-9H,4-7H2,1-3H3,(H,15,16)(H2,13,14,17). The summed E-state index contributed by atoms with van der Waals surface area (Å²) in [7, 11) is 0. The number of rotatable bonds is 4. The quantitative estimate of drug-likeness (QED) is 0.701. The topological polar surface area (TPSA) is 87.7 Å². The van der Waals surface area contributed by atoms with Gasteiger partial charge in [-0.1, -0.05) is 13.8 Å². The predicted molar refractivity (Wildman–Crippen MR) is 66.4 cm³/mol. The Balaban J connectivity index is 2.61. The number of aliphatic carboxylic acids is 1. The second kappa shape index (κ2) is 6.04. The highest BCUT2D eigenvalue weighted by Crippen LogP contribution is 2.21. The maximum Gasteiger partial charge on any atom is 0.329 e. The van der Waals surface area contributed by atoms with Gasteiger partial charge in [-0.05, 0) is 12.8 Å². The number of carboxylic acid groups (broad SMARTS) is 1. The van der Waals surface area contributed by atoms with Crippen LogP contribution in [0.25, 0.3) is 0 Å². The van der Waals surface area contributed by atoms with E-state index in [1.165, 1.54) is 0 Å². The summed E-state index contributed by atoms with van der Waals surface area (Å²) in [6.45, 7) is 6.58.